The van der Waals surface area contributed by atoms with Crippen LogP contribution in [0.25, 0.3) is 6.08 Å². The zero-order valence-electron chi connectivity index (χ0n) is 14.4. The Morgan fingerprint density at radius 3 is 2.69 bits per heavy atom. The average Bonchev–Trinajstić information content (AvgIpc) is 3.18. The van der Waals surface area contributed by atoms with Gasteiger partial charge in [-0.25, -0.2) is 4.39 Å². The van der Waals surface area contributed by atoms with Gasteiger partial charge >= 0.3 is 0 Å². The van der Waals surface area contributed by atoms with E-state index in [1.54, 1.807) is 40.5 Å². The standard InChI is InChI=1S/C20H21FN2O2S/c21-18-4-2-1-3-17(18)20(25)23-10-7-15(8-11-23)13-22-19(24)6-5-16-9-12-26-14-16/h1-6,9,12,14-15H,7-8,10-11,13H2,(H,22,24)/b6-5+. The highest BCUT2D eigenvalue weighted by Crippen LogP contribution is 2.19. The molecule has 6 heteroatoms. The van der Waals surface area contributed by atoms with Crippen LogP contribution in [0.5, 0.6) is 0 Å². The third-order valence-corrected chi connectivity index (χ3v) is 5.24. The van der Waals surface area contributed by atoms with Crippen molar-refractivity contribution in [3.8, 4) is 0 Å². The van der Waals surface area contributed by atoms with Gasteiger partial charge in [-0.1, -0.05) is 12.1 Å². The highest BCUT2D eigenvalue weighted by Gasteiger charge is 2.25. The van der Waals surface area contributed by atoms with Gasteiger partial charge in [0.1, 0.15) is 5.82 Å². The number of benzene rings is 1. The Labute approximate surface area is 156 Å². The number of carbonyl (C=O) groups is 2. The van der Waals surface area contributed by atoms with Gasteiger partial charge < -0.3 is 10.2 Å². The molecule has 2 amide bonds. The number of thiophene rings is 1. The largest absolute Gasteiger partial charge is 0.352 e. The normalized spacial score (nSPS) is 15.3. The van der Waals surface area contributed by atoms with Crippen molar-refractivity contribution in [1.29, 1.82) is 0 Å². The van der Waals surface area contributed by atoms with Crippen LogP contribution in [0.1, 0.15) is 28.8 Å². The summed E-state index contributed by atoms with van der Waals surface area (Å²) >= 11 is 1.59. The van der Waals surface area contributed by atoms with Crippen molar-refractivity contribution < 1.29 is 14.0 Å². The van der Waals surface area contributed by atoms with E-state index < -0.39 is 5.82 Å². The summed E-state index contributed by atoms with van der Waals surface area (Å²) in [5.74, 6) is -0.521. The van der Waals surface area contributed by atoms with Crippen LogP contribution in [0.4, 0.5) is 4.39 Å². The number of likely N-dealkylation sites (tertiary alicyclic amines) is 1. The monoisotopic (exact) mass is 372 g/mol. The van der Waals surface area contributed by atoms with Crippen LogP contribution in [0.2, 0.25) is 0 Å². The zero-order chi connectivity index (χ0) is 18.4. The number of nitrogens with zero attached hydrogens (tertiary/aromatic N) is 1. The van der Waals surface area contributed by atoms with E-state index >= 15 is 0 Å². The first-order chi connectivity index (χ1) is 12.6. The van der Waals surface area contributed by atoms with Crippen molar-refractivity contribution in [2.75, 3.05) is 19.6 Å². The van der Waals surface area contributed by atoms with Crippen molar-refractivity contribution >= 4 is 29.2 Å². The molecule has 3 rings (SSSR count). The van der Waals surface area contributed by atoms with Gasteiger partial charge in [-0.05, 0) is 59.4 Å². The van der Waals surface area contributed by atoms with Crippen LogP contribution in [0.3, 0.4) is 0 Å². The third-order valence-electron chi connectivity index (χ3n) is 4.54. The van der Waals surface area contributed by atoms with E-state index in [2.05, 4.69) is 5.32 Å². The molecular formula is C20H21FN2O2S. The molecule has 1 aliphatic heterocycles. The van der Waals surface area contributed by atoms with E-state index in [4.69, 9.17) is 0 Å². The van der Waals surface area contributed by atoms with Crippen LogP contribution < -0.4 is 5.32 Å². The molecule has 0 saturated carbocycles. The van der Waals surface area contributed by atoms with Gasteiger partial charge in [0.15, 0.2) is 0 Å². The topological polar surface area (TPSA) is 49.4 Å². The van der Waals surface area contributed by atoms with Crippen molar-refractivity contribution in [3.05, 3.63) is 64.1 Å². The number of hydrogen-bond donors (Lipinski definition) is 1. The molecule has 2 aromatic rings. The summed E-state index contributed by atoms with van der Waals surface area (Å²) in [6.07, 6.45) is 4.93. The van der Waals surface area contributed by atoms with E-state index in [-0.39, 0.29) is 17.4 Å². The van der Waals surface area contributed by atoms with E-state index in [0.29, 0.717) is 25.6 Å². The van der Waals surface area contributed by atoms with Gasteiger partial charge in [0.25, 0.3) is 5.91 Å². The third kappa shape index (κ3) is 4.79. The lowest BCUT2D eigenvalue weighted by molar-refractivity contribution is -0.116. The predicted octanol–water partition coefficient (Wildman–Crippen LogP) is 3.57. The number of amides is 2. The summed E-state index contributed by atoms with van der Waals surface area (Å²) in [7, 11) is 0. The van der Waals surface area contributed by atoms with Gasteiger partial charge in [0, 0.05) is 25.7 Å². The van der Waals surface area contributed by atoms with Gasteiger partial charge in [0.2, 0.25) is 5.91 Å². The van der Waals surface area contributed by atoms with Gasteiger partial charge in [0.05, 0.1) is 5.56 Å². The molecule has 1 aromatic carbocycles. The van der Waals surface area contributed by atoms with Gasteiger partial charge in [-0.3, -0.25) is 9.59 Å². The summed E-state index contributed by atoms with van der Waals surface area (Å²) in [4.78, 5) is 26.0. The first kappa shape index (κ1) is 18.3. The van der Waals surface area contributed by atoms with Gasteiger partial charge in [-0.2, -0.15) is 11.3 Å². The molecule has 4 nitrogen and oxygen atoms in total. The molecule has 1 aliphatic rings. The summed E-state index contributed by atoms with van der Waals surface area (Å²) in [6.45, 7) is 1.76. The lowest BCUT2D eigenvalue weighted by Gasteiger charge is -2.32. The van der Waals surface area contributed by atoms with E-state index in [1.807, 2.05) is 16.8 Å². The SMILES string of the molecule is O=C(/C=C/c1ccsc1)NCC1CCN(C(=O)c2ccccc2F)CC1. The molecular weight excluding hydrogens is 351 g/mol. The Bertz CT molecular complexity index is 781. The lowest BCUT2D eigenvalue weighted by Crippen LogP contribution is -2.41. The Morgan fingerprint density at radius 1 is 1.23 bits per heavy atom. The number of rotatable bonds is 5. The molecule has 136 valence electrons. The zero-order valence-corrected chi connectivity index (χ0v) is 15.2. The van der Waals surface area contributed by atoms with Crippen LogP contribution >= 0.6 is 11.3 Å². The molecule has 26 heavy (non-hydrogen) atoms. The minimum atomic E-state index is -0.482. The molecule has 1 fully saturated rings. The summed E-state index contributed by atoms with van der Waals surface area (Å²) in [5.41, 5.74) is 1.14. The molecule has 0 bridgehead atoms. The molecule has 0 spiro atoms. The summed E-state index contributed by atoms with van der Waals surface area (Å²) in [5, 5.41) is 6.86. The number of nitrogens with one attached hydrogen (secondary N) is 1. The first-order valence-electron chi connectivity index (χ1n) is 8.65. The average molecular weight is 372 g/mol. The summed E-state index contributed by atoms with van der Waals surface area (Å²) in [6, 6.07) is 8.02. The fourth-order valence-electron chi connectivity index (χ4n) is 2.99. The molecule has 2 heterocycles. The van der Waals surface area contributed by atoms with Crippen molar-refractivity contribution in [3.63, 3.8) is 0 Å². The Morgan fingerprint density at radius 2 is 2.00 bits per heavy atom. The first-order valence-corrected chi connectivity index (χ1v) is 9.59. The molecule has 1 N–H and O–H groups in total. The summed E-state index contributed by atoms with van der Waals surface area (Å²) < 4.78 is 13.8. The van der Waals surface area contributed by atoms with Crippen molar-refractivity contribution in [2.45, 2.75) is 12.8 Å². The maximum absolute atomic E-state index is 13.8. The lowest BCUT2D eigenvalue weighted by atomic mass is 9.96. The Hall–Kier alpha value is -2.47. The molecule has 1 aromatic heterocycles. The molecule has 0 aliphatic carbocycles. The van der Waals surface area contributed by atoms with E-state index in [9.17, 15) is 14.0 Å². The molecule has 0 atom stereocenters. The number of carbonyl (C=O) groups excluding carboxylic acids is 2. The Balaban J connectivity index is 1.43. The highest BCUT2D eigenvalue weighted by atomic mass is 32.1. The van der Waals surface area contributed by atoms with Crippen LogP contribution in [-0.2, 0) is 4.79 Å². The highest BCUT2D eigenvalue weighted by molar-refractivity contribution is 7.08. The second-order valence-electron chi connectivity index (χ2n) is 6.35. The van der Waals surface area contributed by atoms with Crippen molar-refractivity contribution in [1.82, 2.24) is 10.2 Å². The van der Waals surface area contributed by atoms with E-state index in [0.717, 1.165) is 18.4 Å². The second kappa shape index (κ2) is 8.76. The molecule has 0 radical (unpaired) electrons. The predicted molar refractivity (Wildman–Crippen MR) is 101 cm³/mol. The van der Waals surface area contributed by atoms with Crippen LogP contribution in [0, 0.1) is 11.7 Å². The fraction of sp³-hybridized carbons (Fsp3) is 0.300. The quantitative estimate of drug-likeness (QED) is 0.816. The smallest absolute Gasteiger partial charge is 0.256 e. The van der Waals surface area contributed by atoms with Crippen molar-refractivity contribution in [2.24, 2.45) is 5.92 Å². The van der Waals surface area contributed by atoms with E-state index in [1.165, 1.54) is 12.1 Å². The number of piperidine rings is 1. The van der Waals surface area contributed by atoms with Crippen LogP contribution in [-0.4, -0.2) is 36.3 Å². The minimum absolute atomic E-state index is 0.110. The minimum Gasteiger partial charge on any atom is -0.352 e. The fourth-order valence-corrected chi connectivity index (χ4v) is 3.62. The maximum atomic E-state index is 13.8. The van der Waals surface area contributed by atoms with Crippen LogP contribution in [0.15, 0.2) is 47.2 Å². The Kier molecular flexibility index (Phi) is 6.17. The van der Waals surface area contributed by atoms with Gasteiger partial charge in [-0.15, -0.1) is 0 Å². The molecule has 1 saturated heterocycles. The second-order valence-corrected chi connectivity index (χ2v) is 7.13. The molecule has 0 unspecified atom stereocenters. The number of hydrogen-bond acceptors (Lipinski definition) is 3. The number of halogens is 1. The maximum Gasteiger partial charge on any atom is 0.256 e.